The summed E-state index contributed by atoms with van der Waals surface area (Å²) in [7, 11) is 0. The van der Waals surface area contributed by atoms with Gasteiger partial charge in [0.2, 0.25) is 5.88 Å². The Hall–Kier alpha value is -3.24. The second-order valence-electron chi connectivity index (χ2n) is 7.60. The molecule has 1 aromatic carbocycles. The highest BCUT2D eigenvalue weighted by Crippen LogP contribution is 2.36. The van der Waals surface area contributed by atoms with Crippen molar-refractivity contribution >= 4 is 11.5 Å². The normalized spacial score (nSPS) is 16.5. The lowest BCUT2D eigenvalue weighted by molar-refractivity contribution is -0.0942. The molecule has 0 bridgehead atoms. The molecule has 1 saturated heterocycles. The second kappa shape index (κ2) is 9.72. The van der Waals surface area contributed by atoms with Gasteiger partial charge in [0.15, 0.2) is 0 Å². The van der Waals surface area contributed by atoms with E-state index in [1.165, 1.54) is 12.3 Å². The molecule has 176 valence electrons. The maximum Gasteiger partial charge on any atom is 0.433 e. The molecule has 2 N–H and O–H groups in total. The fourth-order valence-corrected chi connectivity index (χ4v) is 3.72. The van der Waals surface area contributed by atoms with Crippen LogP contribution in [0.15, 0.2) is 54.4 Å². The molecule has 0 spiro atoms. The lowest BCUT2D eigenvalue weighted by Crippen LogP contribution is -2.41. The number of rotatable bonds is 6. The summed E-state index contributed by atoms with van der Waals surface area (Å²) in [6, 6.07) is 8.75. The highest BCUT2D eigenvalue weighted by Gasteiger charge is 2.39. The molecular weight excluding hydrogens is 437 g/mol. The number of aromatic nitrogens is 1. The van der Waals surface area contributed by atoms with Gasteiger partial charge in [0, 0.05) is 25.4 Å². The predicted molar refractivity (Wildman–Crippen MR) is 119 cm³/mol. The smallest absolute Gasteiger partial charge is 0.433 e. The summed E-state index contributed by atoms with van der Waals surface area (Å²) in [4.78, 5) is 6.62. The van der Waals surface area contributed by atoms with Gasteiger partial charge in [-0.1, -0.05) is 6.07 Å². The topological polar surface area (TPSA) is 70.1 Å². The third-order valence-electron chi connectivity index (χ3n) is 5.34. The SMILES string of the molecule is Cc1ccc(N2NC=CC=C2C(F)(F)F)cc1-c1cc(OCCO)nc(N2CCOCC2)c1. The number of hydrazine groups is 1. The van der Waals surface area contributed by atoms with Crippen molar-refractivity contribution in [2.24, 2.45) is 0 Å². The maximum atomic E-state index is 13.6. The number of benzene rings is 1. The number of aliphatic hydroxyl groups excluding tert-OH is 1. The number of aliphatic hydroxyl groups is 1. The number of ether oxygens (including phenoxy) is 2. The Bertz CT molecular complexity index is 1050. The number of aryl methyl sites for hydroxylation is 1. The van der Waals surface area contributed by atoms with Crippen LogP contribution >= 0.6 is 0 Å². The number of anilines is 2. The molecule has 0 amide bonds. The molecule has 0 unspecified atom stereocenters. The molecule has 2 aliphatic rings. The lowest BCUT2D eigenvalue weighted by atomic mass is 10.00. The summed E-state index contributed by atoms with van der Waals surface area (Å²) in [5, 5.41) is 10.2. The molecule has 2 aromatic rings. The number of morpholine rings is 1. The molecule has 2 aliphatic heterocycles. The van der Waals surface area contributed by atoms with Gasteiger partial charge in [0.05, 0.1) is 25.5 Å². The van der Waals surface area contributed by atoms with Crippen LogP contribution in [-0.4, -0.2) is 55.8 Å². The van der Waals surface area contributed by atoms with E-state index >= 15 is 0 Å². The van der Waals surface area contributed by atoms with Crippen LogP contribution in [0, 0.1) is 6.92 Å². The zero-order valence-electron chi connectivity index (χ0n) is 18.1. The van der Waals surface area contributed by atoms with Gasteiger partial charge >= 0.3 is 6.18 Å². The average Bonchev–Trinajstić information content (AvgIpc) is 2.83. The Labute approximate surface area is 189 Å². The van der Waals surface area contributed by atoms with Crippen LogP contribution in [0.3, 0.4) is 0 Å². The van der Waals surface area contributed by atoms with Crippen molar-refractivity contribution in [2.45, 2.75) is 13.1 Å². The zero-order chi connectivity index (χ0) is 23.4. The van der Waals surface area contributed by atoms with Gasteiger partial charge < -0.3 is 24.9 Å². The van der Waals surface area contributed by atoms with Gasteiger partial charge in [-0.25, -0.2) is 0 Å². The van der Waals surface area contributed by atoms with Crippen LogP contribution in [0.4, 0.5) is 24.7 Å². The predicted octanol–water partition coefficient (Wildman–Crippen LogP) is 3.55. The van der Waals surface area contributed by atoms with Crippen LogP contribution in [0.5, 0.6) is 5.88 Å². The number of alkyl halides is 3. The number of nitrogens with zero attached hydrogens (tertiary/aromatic N) is 3. The van der Waals surface area contributed by atoms with Gasteiger partial charge in [-0.3, -0.25) is 5.01 Å². The highest BCUT2D eigenvalue weighted by molar-refractivity contribution is 5.75. The van der Waals surface area contributed by atoms with Gasteiger partial charge in [-0.2, -0.15) is 18.2 Å². The molecule has 0 radical (unpaired) electrons. The molecular formula is C23H25F3N4O3. The molecule has 0 saturated carbocycles. The third-order valence-corrected chi connectivity index (χ3v) is 5.34. The first-order valence-corrected chi connectivity index (χ1v) is 10.6. The van der Waals surface area contributed by atoms with E-state index in [2.05, 4.69) is 15.3 Å². The zero-order valence-corrected chi connectivity index (χ0v) is 18.1. The molecule has 0 atom stereocenters. The lowest BCUT2D eigenvalue weighted by Gasteiger charge is -2.31. The highest BCUT2D eigenvalue weighted by atomic mass is 19.4. The summed E-state index contributed by atoms with van der Waals surface area (Å²) in [5.41, 5.74) is 4.58. The summed E-state index contributed by atoms with van der Waals surface area (Å²) in [6.07, 6.45) is -0.733. The van der Waals surface area contributed by atoms with Gasteiger partial charge in [0.1, 0.15) is 18.1 Å². The maximum absolute atomic E-state index is 13.6. The second-order valence-corrected chi connectivity index (χ2v) is 7.60. The van der Waals surface area contributed by atoms with Gasteiger partial charge in [-0.15, -0.1) is 0 Å². The fourth-order valence-electron chi connectivity index (χ4n) is 3.72. The van der Waals surface area contributed by atoms with E-state index in [4.69, 9.17) is 14.6 Å². The van der Waals surface area contributed by atoms with Crippen molar-refractivity contribution in [1.29, 1.82) is 0 Å². The largest absolute Gasteiger partial charge is 0.475 e. The van der Waals surface area contributed by atoms with Gasteiger partial charge in [-0.05, 0) is 54.0 Å². The Morgan fingerprint density at radius 1 is 1.18 bits per heavy atom. The van der Waals surface area contributed by atoms with Crippen LogP contribution in [0.25, 0.3) is 11.1 Å². The van der Waals surface area contributed by atoms with Crippen molar-refractivity contribution in [3.63, 3.8) is 0 Å². The van der Waals surface area contributed by atoms with E-state index in [1.807, 2.05) is 13.0 Å². The molecule has 0 aliphatic carbocycles. The minimum Gasteiger partial charge on any atom is -0.475 e. The summed E-state index contributed by atoms with van der Waals surface area (Å²) in [6.45, 7) is 4.31. The fraction of sp³-hybridized carbons (Fsp3) is 0.348. The van der Waals surface area contributed by atoms with Crippen molar-refractivity contribution in [1.82, 2.24) is 10.4 Å². The molecule has 33 heavy (non-hydrogen) atoms. The number of halogens is 3. The minimum absolute atomic E-state index is 0.0851. The molecule has 10 heteroatoms. The first-order valence-electron chi connectivity index (χ1n) is 10.6. The summed E-state index contributed by atoms with van der Waals surface area (Å²) >= 11 is 0. The first kappa shape index (κ1) is 22.9. The quantitative estimate of drug-likeness (QED) is 0.681. The van der Waals surface area contributed by atoms with Crippen LogP contribution < -0.4 is 20.1 Å². The van der Waals surface area contributed by atoms with E-state index in [0.29, 0.717) is 43.7 Å². The van der Waals surface area contributed by atoms with Crippen LogP contribution in [-0.2, 0) is 4.74 Å². The molecule has 7 nitrogen and oxygen atoms in total. The molecule has 3 heterocycles. The van der Waals surface area contributed by atoms with E-state index in [-0.39, 0.29) is 13.2 Å². The third kappa shape index (κ3) is 5.23. The minimum atomic E-state index is -4.52. The van der Waals surface area contributed by atoms with Gasteiger partial charge in [0.25, 0.3) is 0 Å². The van der Waals surface area contributed by atoms with Crippen LogP contribution in [0.1, 0.15) is 5.56 Å². The molecule has 1 aromatic heterocycles. The van der Waals surface area contributed by atoms with Crippen molar-refractivity contribution < 1.29 is 27.8 Å². The summed E-state index contributed by atoms with van der Waals surface area (Å²) in [5.74, 6) is 1.02. The Morgan fingerprint density at radius 3 is 2.70 bits per heavy atom. The van der Waals surface area contributed by atoms with Crippen molar-refractivity contribution in [3.8, 4) is 17.0 Å². The molecule has 4 rings (SSSR count). The summed E-state index contributed by atoms with van der Waals surface area (Å²) < 4.78 is 51.7. The number of hydrogen-bond acceptors (Lipinski definition) is 7. The number of pyridine rings is 1. The van der Waals surface area contributed by atoms with Crippen LogP contribution in [0.2, 0.25) is 0 Å². The standard InChI is InChI=1S/C23H25F3N4O3/c1-16-4-5-18(30-20(23(24,25)26)3-2-6-27-30)15-19(16)17-13-21(29-7-10-32-11-8-29)28-22(14-17)33-12-9-31/h2-6,13-15,27,31H,7-12H2,1H3. The van der Waals surface area contributed by atoms with E-state index in [9.17, 15) is 13.2 Å². The Kier molecular flexibility index (Phi) is 6.75. The van der Waals surface area contributed by atoms with Crippen molar-refractivity contribution in [2.75, 3.05) is 49.4 Å². The van der Waals surface area contributed by atoms with E-state index in [1.54, 1.807) is 24.3 Å². The average molecular weight is 462 g/mol. The monoisotopic (exact) mass is 462 g/mol. The van der Waals surface area contributed by atoms with E-state index < -0.39 is 11.9 Å². The number of nitrogens with one attached hydrogen (secondary N) is 1. The first-order chi connectivity index (χ1) is 15.9. The molecule has 1 fully saturated rings. The number of hydrogen-bond donors (Lipinski definition) is 2. The van der Waals surface area contributed by atoms with E-state index in [0.717, 1.165) is 27.8 Å². The Morgan fingerprint density at radius 2 is 1.97 bits per heavy atom. The number of allylic oxidation sites excluding steroid dienone is 3. The Balaban J connectivity index is 1.75. The van der Waals surface area contributed by atoms with Crippen molar-refractivity contribution in [3.05, 3.63) is 59.9 Å².